The maximum Gasteiger partial charge on any atom is 0.302 e. The van der Waals surface area contributed by atoms with Crippen molar-refractivity contribution >= 4 is 11.8 Å². The highest BCUT2D eigenvalue weighted by Crippen LogP contribution is 2.26. The first-order valence-electron chi connectivity index (χ1n) is 6.55. The maximum atomic E-state index is 12.0. The fraction of sp³-hybridized carbons (Fsp3) is 0.375. The van der Waals surface area contributed by atoms with Crippen molar-refractivity contribution in [3.05, 3.63) is 47.0 Å². The number of carbonyl (C=O) groups excluding carboxylic acids is 2. The van der Waals surface area contributed by atoms with Crippen LogP contribution in [0.3, 0.4) is 0 Å². The molecule has 2 rings (SSSR count). The molecule has 2 atom stereocenters. The first-order valence-corrected chi connectivity index (χ1v) is 6.55. The summed E-state index contributed by atoms with van der Waals surface area (Å²) in [5, 5.41) is 0. The van der Waals surface area contributed by atoms with Crippen LogP contribution in [0, 0.1) is 13.8 Å². The van der Waals surface area contributed by atoms with Crippen LogP contribution in [0.15, 0.2) is 30.4 Å². The Morgan fingerprint density at radius 1 is 1.30 bits per heavy atom. The Morgan fingerprint density at radius 2 is 2.05 bits per heavy atom. The molecule has 0 aliphatic carbocycles. The summed E-state index contributed by atoms with van der Waals surface area (Å²) in [7, 11) is 0. The molecule has 0 N–H and O–H groups in total. The van der Waals surface area contributed by atoms with Gasteiger partial charge in [-0.25, -0.2) is 0 Å². The number of aryl methyl sites for hydroxylation is 2. The lowest BCUT2D eigenvalue weighted by Gasteiger charge is -2.25. The standard InChI is InChI=1S/C16H18O4/c1-10-4-5-13(8-11(10)2)16-15(18)7-6-14(20-16)9-19-12(3)17/h4-8,14,16H,9H2,1-3H3/t14-,16+/m0/s1. The molecule has 0 saturated heterocycles. The predicted molar refractivity (Wildman–Crippen MR) is 74.3 cm³/mol. The number of hydrogen-bond donors (Lipinski definition) is 0. The molecule has 1 aromatic rings. The molecule has 20 heavy (non-hydrogen) atoms. The zero-order valence-corrected chi connectivity index (χ0v) is 11.9. The molecule has 4 heteroatoms. The molecule has 1 aromatic carbocycles. The first kappa shape index (κ1) is 14.5. The predicted octanol–water partition coefficient (Wildman–Crippen LogP) is 2.43. The van der Waals surface area contributed by atoms with Crippen molar-refractivity contribution in [1.82, 2.24) is 0 Å². The van der Waals surface area contributed by atoms with Gasteiger partial charge >= 0.3 is 5.97 Å². The van der Waals surface area contributed by atoms with Crippen LogP contribution in [0.1, 0.15) is 29.7 Å². The summed E-state index contributed by atoms with van der Waals surface area (Å²) in [5.41, 5.74) is 3.12. The van der Waals surface area contributed by atoms with Crippen molar-refractivity contribution < 1.29 is 19.1 Å². The second kappa shape index (κ2) is 6.01. The van der Waals surface area contributed by atoms with Crippen LogP contribution in [0.4, 0.5) is 0 Å². The van der Waals surface area contributed by atoms with E-state index in [1.165, 1.54) is 18.6 Å². The van der Waals surface area contributed by atoms with E-state index in [0.717, 1.165) is 11.1 Å². The highest BCUT2D eigenvalue weighted by atomic mass is 16.6. The first-order chi connectivity index (χ1) is 9.47. The Bertz CT molecular complexity index is 560. The highest BCUT2D eigenvalue weighted by molar-refractivity contribution is 5.95. The summed E-state index contributed by atoms with van der Waals surface area (Å²) in [5.74, 6) is -0.450. The summed E-state index contributed by atoms with van der Waals surface area (Å²) in [6.45, 7) is 5.49. The van der Waals surface area contributed by atoms with Crippen molar-refractivity contribution in [3.63, 3.8) is 0 Å². The van der Waals surface area contributed by atoms with Crippen molar-refractivity contribution in [2.75, 3.05) is 6.61 Å². The molecule has 0 amide bonds. The molecule has 1 heterocycles. The normalized spacial score (nSPS) is 21.9. The molecule has 1 aliphatic rings. The van der Waals surface area contributed by atoms with E-state index in [1.54, 1.807) is 6.08 Å². The average molecular weight is 274 g/mol. The van der Waals surface area contributed by atoms with E-state index in [9.17, 15) is 9.59 Å². The smallest absolute Gasteiger partial charge is 0.302 e. The molecule has 0 radical (unpaired) electrons. The van der Waals surface area contributed by atoms with Gasteiger partial charge in [0.25, 0.3) is 0 Å². The molecule has 0 unspecified atom stereocenters. The number of benzene rings is 1. The summed E-state index contributed by atoms with van der Waals surface area (Å²) >= 11 is 0. The Balaban J connectivity index is 2.14. The lowest BCUT2D eigenvalue weighted by molar-refractivity contribution is -0.147. The van der Waals surface area contributed by atoms with Crippen LogP contribution in [0.5, 0.6) is 0 Å². The Hall–Kier alpha value is -1.94. The van der Waals surface area contributed by atoms with Crippen LogP contribution < -0.4 is 0 Å². The van der Waals surface area contributed by atoms with Crippen molar-refractivity contribution in [2.45, 2.75) is 33.0 Å². The highest BCUT2D eigenvalue weighted by Gasteiger charge is 2.27. The SMILES string of the molecule is CC(=O)OC[C@@H]1C=CC(=O)[C@@H](c2ccc(C)c(C)c2)O1. The van der Waals surface area contributed by atoms with Gasteiger partial charge in [-0.2, -0.15) is 0 Å². The van der Waals surface area contributed by atoms with E-state index in [2.05, 4.69) is 0 Å². The summed E-state index contributed by atoms with van der Waals surface area (Å²) in [6, 6.07) is 5.83. The third-order valence-electron chi connectivity index (χ3n) is 3.33. The fourth-order valence-corrected chi connectivity index (χ4v) is 2.04. The van der Waals surface area contributed by atoms with Gasteiger partial charge in [-0.05, 0) is 42.7 Å². The minimum atomic E-state index is -0.625. The quantitative estimate of drug-likeness (QED) is 0.794. The molecule has 0 saturated carbocycles. The molecule has 0 spiro atoms. The number of esters is 1. The van der Waals surface area contributed by atoms with Crippen molar-refractivity contribution in [3.8, 4) is 0 Å². The molecule has 0 fully saturated rings. The van der Waals surface area contributed by atoms with Gasteiger partial charge in [0.15, 0.2) is 5.78 Å². The second-order valence-corrected chi connectivity index (χ2v) is 4.96. The van der Waals surface area contributed by atoms with E-state index in [-0.39, 0.29) is 24.5 Å². The zero-order valence-electron chi connectivity index (χ0n) is 11.9. The second-order valence-electron chi connectivity index (χ2n) is 4.96. The van der Waals surface area contributed by atoms with Crippen LogP contribution >= 0.6 is 0 Å². The van der Waals surface area contributed by atoms with Gasteiger partial charge < -0.3 is 9.47 Å². The van der Waals surface area contributed by atoms with Gasteiger partial charge in [-0.15, -0.1) is 0 Å². The van der Waals surface area contributed by atoms with E-state index in [1.807, 2.05) is 32.0 Å². The molecular formula is C16H18O4. The third-order valence-corrected chi connectivity index (χ3v) is 3.33. The largest absolute Gasteiger partial charge is 0.463 e. The van der Waals surface area contributed by atoms with Crippen LogP contribution in [-0.2, 0) is 19.1 Å². The van der Waals surface area contributed by atoms with E-state index in [4.69, 9.17) is 9.47 Å². The summed E-state index contributed by atoms with van der Waals surface area (Å²) in [6.07, 6.45) is 2.11. The number of ketones is 1. The minimum Gasteiger partial charge on any atom is -0.463 e. The lowest BCUT2D eigenvalue weighted by Crippen LogP contribution is -2.29. The van der Waals surface area contributed by atoms with Gasteiger partial charge in [0, 0.05) is 6.92 Å². The Morgan fingerprint density at radius 3 is 2.70 bits per heavy atom. The van der Waals surface area contributed by atoms with Gasteiger partial charge in [-0.1, -0.05) is 18.2 Å². The molecule has 4 nitrogen and oxygen atoms in total. The average Bonchev–Trinajstić information content (AvgIpc) is 2.41. The van der Waals surface area contributed by atoms with E-state index in [0.29, 0.717) is 0 Å². The van der Waals surface area contributed by atoms with Crippen LogP contribution in [0.25, 0.3) is 0 Å². The monoisotopic (exact) mass is 274 g/mol. The summed E-state index contributed by atoms with van der Waals surface area (Å²) < 4.78 is 10.6. The molecule has 106 valence electrons. The summed E-state index contributed by atoms with van der Waals surface area (Å²) in [4.78, 5) is 22.8. The minimum absolute atomic E-state index is 0.0904. The number of rotatable bonds is 3. The third kappa shape index (κ3) is 3.33. The maximum absolute atomic E-state index is 12.0. The van der Waals surface area contributed by atoms with Crippen LogP contribution in [-0.4, -0.2) is 24.5 Å². The number of carbonyl (C=O) groups is 2. The molecule has 0 bridgehead atoms. The lowest BCUT2D eigenvalue weighted by atomic mass is 9.98. The van der Waals surface area contributed by atoms with Crippen molar-refractivity contribution in [2.24, 2.45) is 0 Å². The van der Waals surface area contributed by atoms with Gasteiger partial charge in [0.2, 0.25) is 0 Å². The van der Waals surface area contributed by atoms with Gasteiger partial charge in [-0.3, -0.25) is 9.59 Å². The van der Waals surface area contributed by atoms with E-state index < -0.39 is 6.10 Å². The topological polar surface area (TPSA) is 52.6 Å². The van der Waals surface area contributed by atoms with E-state index >= 15 is 0 Å². The van der Waals surface area contributed by atoms with Crippen molar-refractivity contribution in [1.29, 1.82) is 0 Å². The molecular weight excluding hydrogens is 256 g/mol. The van der Waals surface area contributed by atoms with Gasteiger partial charge in [0.1, 0.15) is 18.8 Å². The molecule has 1 aliphatic heterocycles. The Labute approximate surface area is 118 Å². The van der Waals surface area contributed by atoms with Gasteiger partial charge in [0.05, 0.1) is 0 Å². The zero-order chi connectivity index (χ0) is 14.7. The Kier molecular flexibility index (Phi) is 4.35. The number of ether oxygens (including phenoxy) is 2. The number of hydrogen-bond acceptors (Lipinski definition) is 4. The molecule has 0 aromatic heterocycles. The fourth-order valence-electron chi connectivity index (χ4n) is 2.04. The van der Waals surface area contributed by atoms with Crippen LogP contribution in [0.2, 0.25) is 0 Å².